The van der Waals surface area contributed by atoms with E-state index < -0.39 is 23.4 Å². The van der Waals surface area contributed by atoms with Crippen molar-refractivity contribution in [1.82, 2.24) is 111 Å². The van der Waals surface area contributed by atoms with E-state index >= 15 is 8.78 Å². The SMILES string of the molecule is CNC(=O)[C@@H](C)N1CCC(c2cc(F)c(Nc3ncc(Cl)c(Nc4cc(C)[nH]n4)n3)cc2C)CC1.CNC(=O)[C@H](C)N1CCC(c2cc(F)c(Nc3ncc(Cl)c(Nc4cc(C)[nH]n4)n3)cc2C)CC1.Cc1cc(Nc2nc(Nc3cc(C)c(C4CCN(C)CC4)cc3OC(C)C)ncc2C)n[nH]1.Cc1cc(Nc2nc(Nc3cc(C)c(C4CCNCC4)cc3F)ncc2C(F)(F)F)n[nH]1. The predicted molar refractivity (Wildman–Crippen MR) is 516 cm³/mol. The summed E-state index contributed by atoms with van der Waals surface area (Å²) in [4.78, 5) is 64.6. The van der Waals surface area contributed by atoms with Gasteiger partial charge in [0, 0.05) is 79.1 Å². The van der Waals surface area contributed by atoms with Gasteiger partial charge in [0.1, 0.15) is 50.4 Å². The van der Waals surface area contributed by atoms with Gasteiger partial charge >= 0.3 is 6.18 Å². The zero-order valence-corrected chi connectivity index (χ0v) is 80.1. The number of aryl methyl sites for hydroxylation is 9. The third-order valence-corrected chi connectivity index (χ3v) is 24.9. The van der Waals surface area contributed by atoms with Crippen molar-refractivity contribution in [2.24, 2.45) is 0 Å². The summed E-state index contributed by atoms with van der Waals surface area (Å²) in [5, 5.41) is 60.9. The summed E-state index contributed by atoms with van der Waals surface area (Å²) in [5.41, 5.74) is 13.3. The van der Waals surface area contributed by atoms with Crippen LogP contribution < -0.4 is 63.2 Å². The third-order valence-electron chi connectivity index (χ3n) is 24.4. The van der Waals surface area contributed by atoms with E-state index in [-0.39, 0.29) is 88.7 Å². The van der Waals surface area contributed by atoms with Crippen molar-refractivity contribution in [3.63, 3.8) is 0 Å². The number of hydrogen-bond donors (Lipinski definition) is 15. The second-order valence-electron chi connectivity index (χ2n) is 34.9. The molecule has 15 N–H and O–H groups in total. The number of carbonyl (C=O) groups is 2. The fraction of sp³-hybridized carbons (Fsp3) is 0.426. The average molecular weight is 1900 g/mol. The van der Waals surface area contributed by atoms with Gasteiger partial charge in [0.25, 0.3) is 0 Å². The van der Waals surface area contributed by atoms with Crippen LogP contribution in [0.25, 0.3) is 0 Å². The number of amides is 2. The average Bonchev–Trinajstić information content (AvgIpc) is 1.74. The lowest BCUT2D eigenvalue weighted by atomic mass is 9.86. The number of aromatic nitrogens is 16. The van der Waals surface area contributed by atoms with Crippen LogP contribution in [0.15, 0.2) is 97.6 Å². The smallest absolute Gasteiger partial charge is 0.421 e. The van der Waals surface area contributed by atoms with Gasteiger partial charge in [0.05, 0.1) is 53.3 Å². The minimum atomic E-state index is -4.68. The standard InChI is InChI=1S/C25H35N7O.2C24H30ClFN8O.C21H23F4N7/c1-15(2)33-22-13-20(19-7-9-32(6)10-8-19)16(3)11-21(22)27-25-26-14-17(4)24(29-25)28-23-12-18(5)30-31-23;2*1-13-9-20(29-24-28-12-18(25)22(31-24)30-21-10-14(2)32-33-21)19(26)11-17(13)16-5-7-34(8-6-16)15(3)23(35)27-4;1-11-7-17(16(22)9-14(11)13-3-5-26-6-4-13)28-20-27-10-15(21(23,24)25)19(30-20)29-18-8-12(2)31-32-18/h11-15,19H,7-10H2,1-6H3,(H3,26,27,28,29,30,31);2*9-12,15-16H,5-8H2,1-4H3,(H,27,35)(H3,28,29,30,31,32,33);7-10,13,26H,3-6H2,1-2H3,(H3,27,28,29,30,31,32)/t;2*15-;/m.10./s1. The molecule has 0 spiro atoms. The van der Waals surface area contributed by atoms with Crippen LogP contribution in [0.5, 0.6) is 5.75 Å². The number of likely N-dealkylation sites (tertiary alicyclic amines) is 3. The van der Waals surface area contributed by atoms with E-state index in [9.17, 15) is 27.2 Å². The third kappa shape index (κ3) is 26.4. The van der Waals surface area contributed by atoms with E-state index in [2.05, 4.69) is 189 Å². The molecule has 4 aromatic carbocycles. The number of aromatic amines is 4. The maximum Gasteiger partial charge on any atom is 0.421 e. The number of halogens is 8. The molecule has 0 saturated carbocycles. The number of ether oxygens (including phenoxy) is 1. The van der Waals surface area contributed by atoms with Crippen LogP contribution in [0.2, 0.25) is 10.0 Å². The highest BCUT2D eigenvalue weighted by Crippen LogP contribution is 2.43. The Bertz CT molecular complexity index is 5890. The fourth-order valence-corrected chi connectivity index (χ4v) is 17.3. The number of anilines is 16. The lowest BCUT2D eigenvalue weighted by Crippen LogP contribution is -2.47. The lowest BCUT2D eigenvalue weighted by molar-refractivity contribution is -0.137. The predicted octanol–water partition coefficient (Wildman–Crippen LogP) is 19.0. The number of alkyl halides is 3. The topological polar surface area (TPSA) is 403 Å². The van der Waals surface area contributed by atoms with Crippen molar-refractivity contribution < 1.29 is 40.7 Å². The van der Waals surface area contributed by atoms with Crippen molar-refractivity contribution >= 4 is 128 Å². The van der Waals surface area contributed by atoms with Gasteiger partial charge in [-0.1, -0.05) is 23.2 Å². The maximum atomic E-state index is 15.1. The number of H-pyrrole nitrogens is 4. The monoisotopic (exact) mass is 1900 g/mol. The normalized spacial score (nSPS) is 15.4. The van der Waals surface area contributed by atoms with Crippen molar-refractivity contribution in [1.29, 1.82) is 0 Å². The molecular weight excluding hydrogens is 1780 g/mol. The number of hydrogen-bond acceptors (Lipinski definition) is 27. The zero-order valence-electron chi connectivity index (χ0n) is 78.5. The molecule has 135 heavy (non-hydrogen) atoms. The van der Waals surface area contributed by atoms with E-state index in [0.717, 1.165) is 164 Å². The molecule has 12 heterocycles. The van der Waals surface area contributed by atoms with E-state index in [0.29, 0.717) is 74.3 Å². The molecule has 33 nitrogen and oxygen atoms in total. The van der Waals surface area contributed by atoms with Crippen LogP contribution in [-0.2, 0) is 15.8 Å². The highest BCUT2D eigenvalue weighted by atomic mass is 35.5. The van der Waals surface area contributed by atoms with Crippen molar-refractivity contribution in [2.75, 3.05) is 116 Å². The van der Waals surface area contributed by atoms with Crippen molar-refractivity contribution in [2.45, 2.75) is 189 Å². The highest BCUT2D eigenvalue weighted by Gasteiger charge is 2.37. The molecule has 0 bridgehead atoms. The first-order valence-corrected chi connectivity index (χ1v) is 45.8. The minimum Gasteiger partial charge on any atom is -0.489 e. The number of piperidine rings is 4. The summed E-state index contributed by atoms with van der Waals surface area (Å²) < 4.78 is 91.6. The van der Waals surface area contributed by atoms with Gasteiger partial charge in [0.2, 0.25) is 35.6 Å². The largest absolute Gasteiger partial charge is 0.489 e. The van der Waals surface area contributed by atoms with Crippen LogP contribution in [-0.4, -0.2) is 199 Å². The summed E-state index contributed by atoms with van der Waals surface area (Å²) in [6, 6.07) is 21.1. The Morgan fingerprint density at radius 3 is 1.09 bits per heavy atom. The van der Waals surface area contributed by atoms with Gasteiger partial charge in [-0.2, -0.15) is 53.5 Å². The summed E-state index contributed by atoms with van der Waals surface area (Å²) >= 11 is 12.4. The maximum absolute atomic E-state index is 15.1. The molecule has 16 rings (SSSR count). The van der Waals surface area contributed by atoms with Crippen molar-refractivity contribution in [3.05, 3.63) is 203 Å². The molecule has 4 fully saturated rings. The Morgan fingerprint density at radius 2 is 0.726 bits per heavy atom. The molecule has 0 aliphatic carbocycles. The van der Waals surface area contributed by atoms with Gasteiger partial charge < -0.3 is 68.1 Å². The zero-order chi connectivity index (χ0) is 96.6. The van der Waals surface area contributed by atoms with Gasteiger partial charge in [-0.15, -0.1) is 0 Å². The van der Waals surface area contributed by atoms with Crippen LogP contribution >= 0.6 is 23.2 Å². The Labute approximate surface area is 790 Å². The van der Waals surface area contributed by atoms with Crippen LogP contribution in [0.1, 0.15) is 181 Å². The quantitative estimate of drug-likeness (QED) is 0.0224. The van der Waals surface area contributed by atoms with Crippen LogP contribution in [0.4, 0.5) is 119 Å². The number of carbonyl (C=O) groups excluding carboxylic acids is 2. The first-order valence-electron chi connectivity index (χ1n) is 45.1. The molecule has 2 atom stereocenters. The van der Waals surface area contributed by atoms with Crippen LogP contribution in [0, 0.1) is 79.8 Å². The first kappa shape index (κ1) is 99.7. The molecule has 41 heteroatoms. The van der Waals surface area contributed by atoms with E-state index in [1.54, 1.807) is 57.5 Å². The van der Waals surface area contributed by atoms with Gasteiger partial charge in [0.15, 0.2) is 34.9 Å². The molecule has 718 valence electrons. The number of likely N-dealkylation sites (N-methyl/N-ethyl adjacent to an activating group) is 2. The fourth-order valence-electron chi connectivity index (χ4n) is 17.0. The molecule has 4 saturated heterocycles. The second kappa shape index (κ2) is 45.0. The van der Waals surface area contributed by atoms with E-state index in [4.69, 9.17) is 32.9 Å². The summed E-state index contributed by atoms with van der Waals surface area (Å²) in [5.74, 6) is 4.70. The summed E-state index contributed by atoms with van der Waals surface area (Å²) in [6.45, 7) is 32.6. The minimum absolute atomic E-state index is 0.0170. The molecule has 0 radical (unpaired) electrons. The Kier molecular flexibility index (Phi) is 33.2. The first-order chi connectivity index (χ1) is 64.5. The second-order valence-corrected chi connectivity index (χ2v) is 35.8. The summed E-state index contributed by atoms with van der Waals surface area (Å²) in [6.07, 6.45) is 8.44. The number of nitrogens with one attached hydrogen (secondary N) is 15. The van der Waals surface area contributed by atoms with Gasteiger partial charge in [-0.25, -0.2) is 33.1 Å². The van der Waals surface area contributed by atoms with E-state index in [1.165, 1.54) is 48.5 Å². The van der Waals surface area contributed by atoms with E-state index in [1.807, 2.05) is 80.5 Å². The Hall–Kier alpha value is -12.8. The molecule has 12 aromatic rings. The van der Waals surface area contributed by atoms with Crippen LogP contribution in [0.3, 0.4) is 0 Å². The van der Waals surface area contributed by atoms with Gasteiger partial charge in [-0.3, -0.25) is 39.8 Å². The molecular formula is C94H118Cl2F6N30O3. The number of nitrogens with zero attached hydrogens (tertiary/aromatic N) is 15. The molecule has 4 aliphatic heterocycles. The van der Waals surface area contributed by atoms with Crippen molar-refractivity contribution in [3.8, 4) is 5.75 Å². The van der Waals surface area contributed by atoms with Gasteiger partial charge in [-0.05, 0) is 317 Å². The molecule has 4 aliphatic rings. The number of benzene rings is 4. The highest BCUT2D eigenvalue weighted by molar-refractivity contribution is 6.33. The molecule has 8 aromatic heterocycles. The number of rotatable bonds is 26. The Balaban J connectivity index is 0.000000153. The molecule has 0 unspecified atom stereocenters. The molecule has 2 amide bonds. The lowest BCUT2D eigenvalue weighted by Gasteiger charge is -2.35. The summed E-state index contributed by atoms with van der Waals surface area (Å²) in [7, 11) is 5.50. The Morgan fingerprint density at radius 1 is 0.407 bits per heavy atom.